The van der Waals surface area contributed by atoms with Crippen molar-refractivity contribution in [1.29, 1.82) is 0 Å². The van der Waals surface area contributed by atoms with Crippen molar-refractivity contribution in [2.24, 2.45) is 0 Å². The van der Waals surface area contributed by atoms with Crippen LogP contribution in [0.5, 0.6) is 0 Å². The van der Waals surface area contributed by atoms with Gasteiger partial charge in [-0.2, -0.15) is 0 Å². The zero-order chi connectivity index (χ0) is 15.4. The molecule has 6 heteroatoms. The number of aryl methyl sites for hydroxylation is 1. The quantitative estimate of drug-likeness (QED) is 0.909. The van der Waals surface area contributed by atoms with E-state index in [1.165, 1.54) is 0 Å². The Hall–Kier alpha value is -2.14. The van der Waals surface area contributed by atoms with Gasteiger partial charge in [-0.05, 0) is 39.0 Å². The van der Waals surface area contributed by atoms with Gasteiger partial charge in [0.1, 0.15) is 5.69 Å². The molecule has 0 unspecified atom stereocenters. The van der Waals surface area contributed by atoms with E-state index in [4.69, 9.17) is 11.6 Å². The molecule has 1 heterocycles. The standard InChI is InChI=1S/C15H17ClN4O/c1-9(2)17-14(21)13-8-10(3)18-15(20-13)19-12-7-5-4-6-11(12)16/h4-9H,1-3H3,(H,17,21)(H,18,19,20). The molecule has 0 fully saturated rings. The lowest BCUT2D eigenvalue weighted by Crippen LogP contribution is -2.31. The van der Waals surface area contributed by atoms with Crippen LogP contribution in [0.2, 0.25) is 5.02 Å². The van der Waals surface area contributed by atoms with Gasteiger partial charge >= 0.3 is 0 Å². The van der Waals surface area contributed by atoms with Crippen LogP contribution in [-0.4, -0.2) is 21.9 Å². The molecule has 2 aromatic rings. The second-order valence-corrected chi connectivity index (χ2v) is 5.36. The van der Waals surface area contributed by atoms with Crippen LogP contribution < -0.4 is 10.6 Å². The summed E-state index contributed by atoms with van der Waals surface area (Å²) in [6, 6.07) is 8.99. The Morgan fingerprint density at radius 2 is 1.95 bits per heavy atom. The first kappa shape index (κ1) is 15.3. The number of aromatic nitrogens is 2. The monoisotopic (exact) mass is 304 g/mol. The summed E-state index contributed by atoms with van der Waals surface area (Å²) in [6.07, 6.45) is 0. The third kappa shape index (κ3) is 4.16. The fraction of sp³-hybridized carbons (Fsp3) is 0.267. The van der Waals surface area contributed by atoms with Crippen molar-refractivity contribution < 1.29 is 4.79 Å². The Morgan fingerprint density at radius 3 is 2.62 bits per heavy atom. The van der Waals surface area contributed by atoms with E-state index in [1.54, 1.807) is 12.1 Å². The van der Waals surface area contributed by atoms with E-state index in [0.29, 0.717) is 28.0 Å². The first-order valence-corrected chi connectivity index (χ1v) is 7.01. The molecular weight excluding hydrogens is 288 g/mol. The minimum absolute atomic E-state index is 0.0488. The lowest BCUT2D eigenvalue weighted by Gasteiger charge is -2.11. The summed E-state index contributed by atoms with van der Waals surface area (Å²) in [7, 11) is 0. The number of halogens is 1. The second kappa shape index (κ2) is 6.54. The predicted molar refractivity (Wildman–Crippen MR) is 84.1 cm³/mol. The number of carbonyl (C=O) groups excluding carboxylic acids is 1. The highest BCUT2D eigenvalue weighted by molar-refractivity contribution is 6.33. The predicted octanol–water partition coefficient (Wildman–Crippen LogP) is 3.32. The van der Waals surface area contributed by atoms with Gasteiger partial charge in [-0.3, -0.25) is 4.79 Å². The summed E-state index contributed by atoms with van der Waals surface area (Å²) in [5.41, 5.74) is 1.72. The average molecular weight is 305 g/mol. The zero-order valence-corrected chi connectivity index (χ0v) is 12.9. The smallest absolute Gasteiger partial charge is 0.270 e. The summed E-state index contributed by atoms with van der Waals surface area (Å²) < 4.78 is 0. The third-order valence-electron chi connectivity index (χ3n) is 2.63. The number of hydrogen-bond donors (Lipinski definition) is 2. The first-order chi connectivity index (χ1) is 9.95. The molecule has 1 aromatic carbocycles. The molecule has 0 aliphatic heterocycles. The van der Waals surface area contributed by atoms with Crippen LogP contribution in [0.3, 0.4) is 0 Å². The Balaban J connectivity index is 2.27. The maximum atomic E-state index is 12.0. The molecule has 0 bridgehead atoms. The van der Waals surface area contributed by atoms with E-state index >= 15 is 0 Å². The van der Waals surface area contributed by atoms with Gasteiger partial charge in [-0.1, -0.05) is 23.7 Å². The number of hydrogen-bond acceptors (Lipinski definition) is 4. The Kier molecular flexibility index (Phi) is 4.75. The molecule has 0 saturated heterocycles. The van der Waals surface area contributed by atoms with Crippen molar-refractivity contribution in [3.05, 3.63) is 46.7 Å². The molecular formula is C15H17ClN4O. The van der Waals surface area contributed by atoms with Crippen LogP contribution in [0.25, 0.3) is 0 Å². The van der Waals surface area contributed by atoms with Crippen LogP contribution in [-0.2, 0) is 0 Å². The number of benzene rings is 1. The number of nitrogens with zero attached hydrogens (tertiary/aromatic N) is 2. The summed E-state index contributed by atoms with van der Waals surface area (Å²) in [5.74, 6) is 0.120. The van der Waals surface area contributed by atoms with Crippen molar-refractivity contribution in [2.75, 3.05) is 5.32 Å². The molecule has 1 aromatic heterocycles. The Morgan fingerprint density at radius 1 is 1.24 bits per heavy atom. The molecule has 0 aliphatic carbocycles. The highest BCUT2D eigenvalue weighted by Gasteiger charge is 2.12. The van der Waals surface area contributed by atoms with E-state index in [2.05, 4.69) is 20.6 Å². The van der Waals surface area contributed by atoms with Crippen LogP contribution in [0.4, 0.5) is 11.6 Å². The maximum absolute atomic E-state index is 12.0. The minimum Gasteiger partial charge on any atom is -0.349 e. The van der Waals surface area contributed by atoms with Gasteiger partial charge in [-0.15, -0.1) is 0 Å². The fourth-order valence-corrected chi connectivity index (χ4v) is 1.94. The second-order valence-electron chi connectivity index (χ2n) is 4.95. The number of nitrogens with one attached hydrogen (secondary N) is 2. The summed E-state index contributed by atoms with van der Waals surface area (Å²) in [5, 5.41) is 6.40. The molecule has 0 spiro atoms. The highest BCUT2D eigenvalue weighted by atomic mass is 35.5. The number of rotatable bonds is 4. The molecule has 2 N–H and O–H groups in total. The van der Waals surface area contributed by atoms with Gasteiger partial charge in [-0.25, -0.2) is 9.97 Å². The number of amides is 1. The van der Waals surface area contributed by atoms with Gasteiger partial charge in [0.2, 0.25) is 5.95 Å². The van der Waals surface area contributed by atoms with Gasteiger partial charge in [0.25, 0.3) is 5.91 Å². The van der Waals surface area contributed by atoms with Crippen LogP contribution in [0, 0.1) is 6.92 Å². The Bertz CT molecular complexity index is 658. The molecule has 0 radical (unpaired) electrons. The number of para-hydroxylation sites is 1. The summed E-state index contributed by atoms with van der Waals surface area (Å²) in [4.78, 5) is 20.5. The van der Waals surface area contributed by atoms with Crippen molar-refractivity contribution in [3.8, 4) is 0 Å². The first-order valence-electron chi connectivity index (χ1n) is 6.64. The number of anilines is 2. The number of carbonyl (C=O) groups is 1. The maximum Gasteiger partial charge on any atom is 0.270 e. The molecule has 2 rings (SSSR count). The molecule has 21 heavy (non-hydrogen) atoms. The summed E-state index contributed by atoms with van der Waals surface area (Å²) >= 11 is 6.09. The normalized spacial score (nSPS) is 10.5. The topological polar surface area (TPSA) is 66.9 Å². The van der Waals surface area contributed by atoms with E-state index < -0.39 is 0 Å². The molecule has 1 amide bonds. The zero-order valence-electron chi connectivity index (χ0n) is 12.1. The fourth-order valence-electron chi connectivity index (χ4n) is 1.76. The van der Waals surface area contributed by atoms with Crippen LogP contribution in [0.1, 0.15) is 30.0 Å². The van der Waals surface area contributed by atoms with E-state index in [9.17, 15) is 4.79 Å². The van der Waals surface area contributed by atoms with E-state index in [-0.39, 0.29) is 11.9 Å². The van der Waals surface area contributed by atoms with Crippen LogP contribution >= 0.6 is 11.6 Å². The molecule has 0 aliphatic rings. The molecule has 5 nitrogen and oxygen atoms in total. The van der Waals surface area contributed by atoms with Gasteiger partial charge in [0.05, 0.1) is 10.7 Å². The minimum atomic E-state index is -0.224. The van der Waals surface area contributed by atoms with E-state index in [1.807, 2.05) is 39.0 Å². The molecule has 0 saturated carbocycles. The third-order valence-corrected chi connectivity index (χ3v) is 2.96. The lowest BCUT2D eigenvalue weighted by molar-refractivity contribution is 0.0938. The highest BCUT2D eigenvalue weighted by Crippen LogP contribution is 2.23. The van der Waals surface area contributed by atoms with Gasteiger partial charge in [0, 0.05) is 11.7 Å². The van der Waals surface area contributed by atoms with Crippen molar-refractivity contribution in [2.45, 2.75) is 26.8 Å². The van der Waals surface area contributed by atoms with Crippen LogP contribution in [0.15, 0.2) is 30.3 Å². The molecule has 110 valence electrons. The molecule has 0 atom stereocenters. The largest absolute Gasteiger partial charge is 0.349 e. The van der Waals surface area contributed by atoms with Gasteiger partial charge in [0.15, 0.2) is 0 Å². The Labute approximate surface area is 128 Å². The average Bonchev–Trinajstić information content (AvgIpc) is 2.40. The SMILES string of the molecule is Cc1cc(C(=O)NC(C)C)nc(Nc2ccccc2Cl)n1. The van der Waals surface area contributed by atoms with Crippen molar-refractivity contribution in [1.82, 2.24) is 15.3 Å². The van der Waals surface area contributed by atoms with Gasteiger partial charge < -0.3 is 10.6 Å². The summed E-state index contributed by atoms with van der Waals surface area (Å²) in [6.45, 7) is 5.61. The van der Waals surface area contributed by atoms with Crippen molar-refractivity contribution in [3.63, 3.8) is 0 Å². The van der Waals surface area contributed by atoms with E-state index in [0.717, 1.165) is 0 Å². The lowest BCUT2D eigenvalue weighted by atomic mass is 10.3. The van der Waals surface area contributed by atoms with Crippen molar-refractivity contribution >= 4 is 29.1 Å².